The minimum atomic E-state index is 0.390. The van der Waals surface area contributed by atoms with Gasteiger partial charge in [-0.15, -0.1) is 0 Å². The van der Waals surface area contributed by atoms with Gasteiger partial charge in [0, 0.05) is 44.1 Å². The van der Waals surface area contributed by atoms with E-state index in [9.17, 15) is 0 Å². The summed E-state index contributed by atoms with van der Waals surface area (Å²) in [6.45, 7) is 6.27. The van der Waals surface area contributed by atoms with Gasteiger partial charge in [0.1, 0.15) is 11.6 Å². The summed E-state index contributed by atoms with van der Waals surface area (Å²) >= 11 is 0. The van der Waals surface area contributed by atoms with E-state index in [0.29, 0.717) is 12.1 Å². The normalized spacial score (nSPS) is 26.4. The predicted molar refractivity (Wildman–Crippen MR) is 95.5 cm³/mol. The van der Waals surface area contributed by atoms with Crippen LogP contribution in [0.25, 0.3) is 0 Å². The fourth-order valence-electron chi connectivity index (χ4n) is 4.64. The highest BCUT2D eigenvalue weighted by Gasteiger charge is 2.33. The van der Waals surface area contributed by atoms with E-state index in [1.54, 1.807) is 0 Å². The van der Waals surface area contributed by atoms with Crippen LogP contribution in [0.15, 0.2) is 0 Å². The smallest absolute Gasteiger partial charge is 0.148 e. The molecule has 1 aromatic rings. The molecule has 2 fully saturated rings. The van der Waals surface area contributed by atoms with E-state index >= 15 is 0 Å². The molecule has 5 nitrogen and oxygen atoms in total. The van der Waals surface area contributed by atoms with Crippen LogP contribution in [0.2, 0.25) is 0 Å². The SMILES string of the molecule is Cc1nc([C@@H]2CCCCN2C2CCOCC2)nc2c1CCCN2C. The van der Waals surface area contributed by atoms with Crippen molar-refractivity contribution in [1.82, 2.24) is 14.9 Å². The van der Waals surface area contributed by atoms with E-state index in [1.807, 2.05) is 0 Å². The lowest BCUT2D eigenvalue weighted by molar-refractivity contribution is 0.00210. The molecular weight excluding hydrogens is 300 g/mol. The van der Waals surface area contributed by atoms with Crippen molar-refractivity contribution in [3.8, 4) is 0 Å². The zero-order valence-electron chi connectivity index (χ0n) is 15.1. The van der Waals surface area contributed by atoms with Crippen LogP contribution in [0.3, 0.4) is 0 Å². The van der Waals surface area contributed by atoms with Crippen LogP contribution in [-0.4, -0.2) is 54.3 Å². The Labute approximate surface area is 145 Å². The van der Waals surface area contributed by atoms with Crippen LogP contribution in [0, 0.1) is 6.92 Å². The third-order valence-electron chi connectivity index (χ3n) is 5.99. The molecular formula is C19H30N4O. The maximum absolute atomic E-state index is 5.57. The highest BCUT2D eigenvalue weighted by atomic mass is 16.5. The van der Waals surface area contributed by atoms with Gasteiger partial charge in [-0.1, -0.05) is 6.42 Å². The molecule has 3 aliphatic rings. The Morgan fingerprint density at radius 1 is 1.00 bits per heavy atom. The van der Waals surface area contributed by atoms with Crippen molar-refractivity contribution in [3.05, 3.63) is 17.1 Å². The highest BCUT2D eigenvalue weighted by Crippen LogP contribution is 2.35. The standard InChI is InChI=1S/C19H30N4O/c1-14-16-6-5-10-22(2)19(16)21-18(20-14)17-7-3-4-11-23(17)15-8-12-24-13-9-15/h15,17H,3-13H2,1-2H3/t17-/m0/s1. The number of aryl methyl sites for hydroxylation is 1. The van der Waals surface area contributed by atoms with E-state index in [2.05, 4.69) is 23.8 Å². The summed E-state index contributed by atoms with van der Waals surface area (Å²) in [5.41, 5.74) is 2.56. The lowest BCUT2D eigenvalue weighted by atomic mass is 9.95. The zero-order valence-corrected chi connectivity index (χ0v) is 15.1. The third kappa shape index (κ3) is 3.04. The number of anilines is 1. The lowest BCUT2D eigenvalue weighted by Crippen LogP contribution is -2.45. The Kier molecular flexibility index (Phi) is 4.72. The molecule has 0 aromatic carbocycles. The number of ether oxygens (including phenoxy) is 1. The first-order valence-corrected chi connectivity index (χ1v) is 9.66. The second kappa shape index (κ2) is 6.96. The summed E-state index contributed by atoms with van der Waals surface area (Å²) in [5, 5.41) is 0. The second-order valence-corrected chi connectivity index (χ2v) is 7.59. The van der Waals surface area contributed by atoms with Crippen molar-refractivity contribution in [1.29, 1.82) is 0 Å². The van der Waals surface area contributed by atoms with Gasteiger partial charge in [0.05, 0.1) is 6.04 Å². The van der Waals surface area contributed by atoms with Crippen molar-refractivity contribution in [2.24, 2.45) is 0 Å². The van der Waals surface area contributed by atoms with Crippen LogP contribution in [0.5, 0.6) is 0 Å². The van der Waals surface area contributed by atoms with Gasteiger partial charge in [0.25, 0.3) is 0 Å². The Morgan fingerprint density at radius 3 is 2.67 bits per heavy atom. The number of nitrogens with zero attached hydrogens (tertiary/aromatic N) is 4. The summed E-state index contributed by atoms with van der Waals surface area (Å²) in [4.78, 5) is 15.1. The number of hydrogen-bond donors (Lipinski definition) is 0. The number of fused-ring (bicyclic) bond motifs is 1. The summed E-state index contributed by atoms with van der Waals surface area (Å²) in [7, 11) is 2.17. The zero-order chi connectivity index (χ0) is 16.5. The monoisotopic (exact) mass is 330 g/mol. The topological polar surface area (TPSA) is 41.5 Å². The number of rotatable bonds is 2. The molecule has 0 saturated carbocycles. The molecule has 1 aromatic heterocycles. The van der Waals surface area contributed by atoms with Crippen molar-refractivity contribution < 1.29 is 4.74 Å². The summed E-state index contributed by atoms with van der Waals surface area (Å²) < 4.78 is 5.57. The fraction of sp³-hybridized carbons (Fsp3) is 0.789. The molecule has 0 amide bonds. The van der Waals surface area contributed by atoms with Gasteiger partial charge in [-0.25, -0.2) is 9.97 Å². The summed E-state index contributed by atoms with van der Waals surface area (Å²) in [5.74, 6) is 2.24. The maximum Gasteiger partial charge on any atom is 0.148 e. The van der Waals surface area contributed by atoms with Crippen molar-refractivity contribution >= 4 is 5.82 Å². The second-order valence-electron chi connectivity index (χ2n) is 7.59. The van der Waals surface area contributed by atoms with Gasteiger partial charge >= 0.3 is 0 Å². The Morgan fingerprint density at radius 2 is 1.83 bits per heavy atom. The van der Waals surface area contributed by atoms with Gasteiger partial charge in [-0.3, -0.25) is 4.90 Å². The first kappa shape index (κ1) is 16.3. The highest BCUT2D eigenvalue weighted by molar-refractivity contribution is 5.50. The van der Waals surface area contributed by atoms with Crippen molar-refractivity contribution in [3.63, 3.8) is 0 Å². The molecule has 3 aliphatic heterocycles. The van der Waals surface area contributed by atoms with Crippen molar-refractivity contribution in [2.75, 3.05) is 38.3 Å². The van der Waals surface area contributed by atoms with E-state index in [1.165, 1.54) is 49.3 Å². The van der Waals surface area contributed by atoms with E-state index in [-0.39, 0.29) is 0 Å². The summed E-state index contributed by atoms with van der Waals surface area (Å²) in [6, 6.07) is 1.03. The molecule has 5 heteroatoms. The number of likely N-dealkylation sites (tertiary alicyclic amines) is 1. The fourth-order valence-corrected chi connectivity index (χ4v) is 4.64. The molecule has 2 saturated heterocycles. The Hall–Kier alpha value is -1.20. The van der Waals surface area contributed by atoms with Gasteiger partial charge in [-0.2, -0.15) is 0 Å². The molecule has 0 spiro atoms. The molecule has 4 heterocycles. The van der Waals surface area contributed by atoms with E-state index in [4.69, 9.17) is 14.7 Å². The Balaban J connectivity index is 1.65. The quantitative estimate of drug-likeness (QED) is 0.834. The predicted octanol–water partition coefficient (Wildman–Crippen LogP) is 2.87. The minimum absolute atomic E-state index is 0.390. The van der Waals surface area contributed by atoms with Crippen LogP contribution in [0.4, 0.5) is 5.82 Å². The minimum Gasteiger partial charge on any atom is -0.381 e. The number of aromatic nitrogens is 2. The number of piperidine rings is 1. The average molecular weight is 330 g/mol. The number of hydrogen-bond acceptors (Lipinski definition) is 5. The molecule has 4 rings (SSSR count). The molecule has 132 valence electrons. The Bertz CT molecular complexity index is 585. The molecule has 1 atom stereocenters. The lowest BCUT2D eigenvalue weighted by Gasteiger charge is -2.42. The van der Waals surface area contributed by atoms with Crippen LogP contribution < -0.4 is 4.90 Å². The van der Waals surface area contributed by atoms with Gasteiger partial charge in [0.15, 0.2) is 0 Å². The van der Waals surface area contributed by atoms with Crippen LogP contribution in [0.1, 0.15) is 61.6 Å². The maximum atomic E-state index is 5.57. The van der Waals surface area contributed by atoms with Gasteiger partial charge in [0.2, 0.25) is 0 Å². The molecule has 0 aliphatic carbocycles. The van der Waals surface area contributed by atoms with Crippen molar-refractivity contribution in [2.45, 2.75) is 64.0 Å². The van der Waals surface area contributed by atoms with Crippen LogP contribution in [-0.2, 0) is 11.2 Å². The molecule has 0 unspecified atom stereocenters. The van der Waals surface area contributed by atoms with Gasteiger partial charge < -0.3 is 9.64 Å². The average Bonchev–Trinajstić information content (AvgIpc) is 2.63. The first-order chi connectivity index (χ1) is 11.7. The largest absolute Gasteiger partial charge is 0.381 e. The molecule has 24 heavy (non-hydrogen) atoms. The first-order valence-electron chi connectivity index (χ1n) is 9.66. The van der Waals surface area contributed by atoms with Crippen LogP contribution >= 0.6 is 0 Å². The molecule has 0 N–H and O–H groups in total. The summed E-state index contributed by atoms with van der Waals surface area (Å²) in [6.07, 6.45) is 8.43. The van der Waals surface area contributed by atoms with Gasteiger partial charge in [-0.05, 0) is 52.0 Å². The molecule has 0 radical (unpaired) electrons. The third-order valence-corrected chi connectivity index (χ3v) is 5.99. The van der Waals surface area contributed by atoms with E-state index < -0.39 is 0 Å². The molecule has 0 bridgehead atoms. The van der Waals surface area contributed by atoms with E-state index in [0.717, 1.165) is 44.8 Å².